The zero-order valence-electron chi connectivity index (χ0n) is 9.92. The van der Waals surface area contributed by atoms with Gasteiger partial charge in [-0.15, -0.1) is 0 Å². The van der Waals surface area contributed by atoms with E-state index in [0.717, 1.165) is 19.1 Å². The maximum absolute atomic E-state index is 11.2. The van der Waals surface area contributed by atoms with Crippen LogP contribution in [-0.4, -0.2) is 19.2 Å². The summed E-state index contributed by atoms with van der Waals surface area (Å²) >= 11 is 0. The highest BCUT2D eigenvalue weighted by atomic mass is 16.2. The number of rotatable bonds is 9. The second-order valence-electron chi connectivity index (χ2n) is 3.91. The molecule has 0 saturated carbocycles. The second kappa shape index (κ2) is 9.69. The zero-order valence-corrected chi connectivity index (χ0v) is 9.92. The molecule has 0 saturated heterocycles. The molecule has 0 aromatic rings. The molecule has 1 unspecified atom stereocenters. The topological polar surface area (TPSA) is 46.2 Å². The molecule has 15 heavy (non-hydrogen) atoms. The number of carbonyl (C=O) groups is 2. The van der Waals surface area contributed by atoms with E-state index >= 15 is 0 Å². The summed E-state index contributed by atoms with van der Waals surface area (Å²) in [4.78, 5) is 21.8. The van der Waals surface area contributed by atoms with Gasteiger partial charge in [0, 0.05) is 7.05 Å². The third kappa shape index (κ3) is 7.11. The number of aldehydes is 1. The van der Waals surface area contributed by atoms with E-state index in [1.807, 2.05) is 0 Å². The number of carbonyl (C=O) groups excluding carboxylic acids is 2. The molecule has 88 valence electrons. The first kappa shape index (κ1) is 14.1. The van der Waals surface area contributed by atoms with Gasteiger partial charge in [-0.05, 0) is 6.42 Å². The van der Waals surface area contributed by atoms with Gasteiger partial charge in [-0.25, -0.2) is 0 Å². The first-order chi connectivity index (χ1) is 7.26. The molecule has 0 aromatic carbocycles. The minimum atomic E-state index is -0.443. The molecule has 0 fully saturated rings. The van der Waals surface area contributed by atoms with Crippen LogP contribution in [0.1, 0.15) is 51.9 Å². The van der Waals surface area contributed by atoms with Gasteiger partial charge in [0.25, 0.3) is 0 Å². The predicted molar refractivity (Wildman–Crippen MR) is 61.6 cm³/mol. The van der Waals surface area contributed by atoms with E-state index in [0.29, 0.717) is 6.42 Å². The highest BCUT2D eigenvalue weighted by Gasteiger charge is 2.14. The Kier molecular flexibility index (Phi) is 9.13. The van der Waals surface area contributed by atoms with Gasteiger partial charge in [0.2, 0.25) is 5.91 Å². The summed E-state index contributed by atoms with van der Waals surface area (Å²) in [5.74, 6) is -0.597. The molecule has 0 spiro atoms. The third-order valence-electron chi connectivity index (χ3n) is 2.62. The summed E-state index contributed by atoms with van der Waals surface area (Å²) in [5.41, 5.74) is 0. The Morgan fingerprint density at radius 1 is 1.20 bits per heavy atom. The van der Waals surface area contributed by atoms with Gasteiger partial charge in [0.05, 0.1) is 5.92 Å². The van der Waals surface area contributed by atoms with E-state index in [9.17, 15) is 9.59 Å². The molecular weight excluding hydrogens is 190 g/mol. The summed E-state index contributed by atoms with van der Waals surface area (Å²) in [6.07, 6.45) is 8.55. The molecule has 0 aliphatic carbocycles. The fourth-order valence-corrected chi connectivity index (χ4v) is 1.59. The second-order valence-corrected chi connectivity index (χ2v) is 3.91. The zero-order chi connectivity index (χ0) is 11.5. The summed E-state index contributed by atoms with van der Waals surface area (Å²) in [6, 6.07) is 0. The summed E-state index contributed by atoms with van der Waals surface area (Å²) < 4.78 is 0. The van der Waals surface area contributed by atoms with E-state index in [2.05, 4.69) is 12.2 Å². The molecule has 1 N–H and O–H groups in total. The molecule has 3 heteroatoms. The van der Waals surface area contributed by atoms with E-state index in [1.165, 1.54) is 25.7 Å². The van der Waals surface area contributed by atoms with Crippen molar-refractivity contribution < 1.29 is 9.59 Å². The van der Waals surface area contributed by atoms with Gasteiger partial charge < -0.3 is 10.1 Å². The molecule has 0 aromatic heterocycles. The molecule has 1 amide bonds. The van der Waals surface area contributed by atoms with Crippen molar-refractivity contribution in [1.82, 2.24) is 5.32 Å². The molecule has 0 bridgehead atoms. The Labute approximate surface area is 92.6 Å². The molecule has 0 heterocycles. The molecule has 0 radical (unpaired) electrons. The number of hydrogen-bond donors (Lipinski definition) is 1. The van der Waals surface area contributed by atoms with Crippen molar-refractivity contribution in [3.8, 4) is 0 Å². The third-order valence-corrected chi connectivity index (χ3v) is 2.62. The lowest BCUT2D eigenvalue weighted by Crippen LogP contribution is -2.28. The van der Waals surface area contributed by atoms with Crippen LogP contribution in [0.4, 0.5) is 0 Å². The van der Waals surface area contributed by atoms with Crippen molar-refractivity contribution in [3.63, 3.8) is 0 Å². The minimum absolute atomic E-state index is 0.154. The normalized spacial score (nSPS) is 12.1. The van der Waals surface area contributed by atoms with Crippen molar-refractivity contribution in [2.24, 2.45) is 5.92 Å². The highest BCUT2D eigenvalue weighted by Crippen LogP contribution is 2.11. The fraction of sp³-hybridized carbons (Fsp3) is 0.833. The van der Waals surface area contributed by atoms with Crippen molar-refractivity contribution in [3.05, 3.63) is 0 Å². The first-order valence-electron chi connectivity index (χ1n) is 5.93. The summed E-state index contributed by atoms with van der Waals surface area (Å²) in [6.45, 7) is 2.19. The van der Waals surface area contributed by atoms with Gasteiger partial charge in [-0.3, -0.25) is 4.79 Å². The Morgan fingerprint density at radius 2 is 1.80 bits per heavy atom. The van der Waals surface area contributed by atoms with Crippen molar-refractivity contribution in [2.75, 3.05) is 7.05 Å². The lowest BCUT2D eigenvalue weighted by atomic mass is 10.0. The molecule has 3 nitrogen and oxygen atoms in total. The van der Waals surface area contributed by atoms with Crippen LogP contribution in [0.3, 0.4) is 0 Å². The number of amides is 1. The molecule has 1 atom stereocenters. The van der Waals surface area contributed by atoms with Crippen LogP contribution in [0.5, 0.6) is 0 Å². The van der Waals surface area contributed by atoms with Crippen molar-refractivity contribution in [1.29, 1.82) is 0 Å². The average molecular weight is 213 g/mol. The van der Waals surface area contributed by atoms with Crippen LogP contribution in [-0.2, 0) is 9.59 Å². The lowest BCUT2D eigenvalue weighted by molar-refractivity contribution is -0.128. The Morgan fingerprint density at radius 3 is 2.33 bits per heavy atom. The van der Waals surface area contributed by atoms with Crippen LogP contribution in [0, 0.1) is 5.92 Å². The van der Waals surface area contributed by atoms with Crippen molar-refractivity contribution in [2.45, 2.75) is 51.9 Å². The quantitative estimate of drug-likeness (QED) is 0.363. The first-order valence-corrected chi connectivity index (χ1v) is 5.93. The van der Waals surface area contributed by atoms with E-state index < -0.39 is 5.92 Å². The Hall–Kier alpha value is -0.860. The number of unbranched alkanes of at least 4 members (excludes halogenated alkanes) is 5. The molecule has 0 aliphatic heterocycles. The maximum atomic E-state index is 11.2. The number of hydrogen-bond acceptors (Lipinski definition) is 2. The van der Waals surface area contributed by atoms with Gasteiger partial charge in [-0.2, -0.15) is 0 Å². The van der Waals surface area contributed by atoms with Crippen LogP contribution >= 0.6 is 0 Å². The predicted octanol–water partition coefficient (Wildman–Crippen LogP) is 2.30. The Balaban J connectivity index is 3.47. The molecule has 0 rings (SSSR count). The standard InChI is InChI=1S/C12H23NO2/c1-3-4-5-6-7-8-9-11(10-14)12(15)13-2/h10-11H,3-9H2,1-2H3,(H,13,15). The molecule has 0 aliphatic rings. The van der Waals surface area contributed by atoms with Crippen LogP contribution in [0.2, 0.25) is 0 Å². The van der Waals surface area contributed by atoms with Crippen LogP contribution in [0.15, 0.2) is 0 Å². The van der Waals surface area contributed by atoms with Crippen LogP contribution in [0.25, 0.3) is 0 Å². The monoisotopic (exact) mass is 213 g/mol. The Bertz CT molecular complexity index is 180. The smallest absolute Gasteiger partial charge is 0.230 e. The largest absolute Gasteiger partial charge is 0.359 e. The van der Waals surface area contributed by atoms with Gasteiger partial charge in [-0.1, -0.05) is 45.4 Å². The highest BCUT2D eigenvalue weighted by molar-refractivity contribution is 5.91. The number of nitrogens with one attached hydrogen (secondary N) is 1. The van der Waals surface area contributed by atoms with Gasteiger partial charge in [0.15, 0.2) is 0 Å². The molecular formula is C12H23NO2. The van der Waals surface area contributed by atoms with Crippen LogP contribution < -0.4 is 5.32 Å². The van der Waals surface area contributed by atoms with E-state index in [-0.39, 0.29) is 5.91 Å². The maximum Gasteiger partial charge on any atom is 0.230 e. The van der Waals surface area contributed by atoms with E-state index in [1.54, 1.807) is 7.05 Å². The van der Waals surface area contributed by atoms with E-state index in [4.69, 9.17) is 0 Å². The summed E-state index contributed by atoms with van der Waals surface area (Å²) in [5, 5.41) is 2.51. The fourth-order valence-electron chi connectivity index (χ4n) is 1.59. The average Bonchev–Trinajstić information content (AvgIpc) is 2.27. The van der Waals surface area contributed by atoms with Gasteiger partial charge in [0.1, 0.15) is 6.29 Å². The lowest BCUT2D eigenvalue weighted by Gasteiger charge is -2.07. The van der Waals surface area contributed by atoms with Gasteiger partial charge >= 0.3 is 0 Å². The SMILES string of the molecule is CCCCCCCCC(C=O)C(=O)NC. The minimum Gasteiger partial charge on any atom is -0.359 e. The van der Waals surface area contributed by atoms with Crippen molar-refractivity contribution >= 4 is 12.2 Å². The summed E-state index contributed by atoms with van der Waals surface area (Å²) in [7, 11) is 1.57.